The van der Waals surface area contributed by atoms with E-state index in [1.165, 1.54) is 0 Å². The second-order valence-corrected chi connectivity index (χ2v) is 10.6. The van der Waals surface area contributed by atoms with E-state index in [1.54, 1.807) is 46.2 Å². The summed E-state index contributed by atoms with van der Waals surface area (Å²) in [5.41, 5.74) is 3.61. The fourth-order valence-corrected chi connectivity index (χ4v) is 4.95. The van der Waals surface area contributed by atoms with Gasteiger partial charge in [-0.2, -0.15) is 0 Å². The molecule has 0 radical (unpaired) electrons. The first-order chi connectivity index (χ1) is 17.9. The number of aromatic amines is 1. The van der Waals surface area contributed by atoms with Crippen molar-refractivity contribution in [2.75, 3.05) is 13.1 Å². The van der Waals surface area contributed by atoms with Crippen LogP contribution in [0, 0.1) is 0 Å². The first-order valence-electron chi connectivity index (χ1n) is 12.2. The molecular formula is C29H26Cl3N3O2. The second-order valence-electron chi connectivity index (χ2n) is 9.34. The quantitative estimate of drug-likeness (QED) is 0.242. The molecule has 1 aromatic heterocycles. The number of para-hydroxylation sites is 1. The number of aromatic nitrogens is 1. The Hall–Kier alpha value is -2.99. The van der Waals surface area contributed by atoms with E-state index >= 15 is 0 Å². The first kappa shape index (κ1) is 25.7. The lowest BCUT2D eigenvalue weighted by Gasteiger charge is -2.28. The molecule has 5 nitrogen and oxygen atoms in total. The minimum Gasteiger partial charge on any atom is -0.361 e. The molecule has 1 aliphatic rings. The molecule has 5 rings (SSSR count). The van der Waals surface area contributed by atoms with Crippen LogP contribution in [-0.4, -0.2) is 45.7 Å². The maximum Gasteiger partial charge on any atom is 0.254 e. The van der Waals surface area contributed by atoms with Gasteiger partial charge in [-0.1, -0.05) is 59.1 Å². The van der Waals surface area contributed by atoms with Crippen molar-refractivity contribution in [2.24, 2.45) is 0 Å². The van der Waals surface area contributed by atoms with Crippen LogP contribution in [0.2, 0.25) is 15.1 Å². The molecule has 1 N–H and O–H groups in total. The lowest BCUT2D eigenvalue weighted by atomic mass is 10.1. The highest BCUT2D eigenvalue weighted by atomic mass is 35.5. The van der Waals surface area contributed by atoms with Crippen LogP contribution in [0.1, 0.15) is 34.3 Å². The molecule has 37 heavy (non-hydrogen) atoms. The van der Waals surface area contributed by atoms with E-state index in [0.717, 1.165) is 34.9 Å². The molecule has 1 saturated carbocycles. The van der Waals surface area contributed by atoms with E-state index in [4.69, 9.17) is 34.8 Å². The summed E-state index contributed by atoms with van der Waals surface area (Å²) in [4.78, 5) is 33.8. The molecule has 0 spiro atoms. The molecule has 0 aliphatic heterocycles. The first-order valence-corrected chi connectivity index (χ1v) is 13.4. The summed E-state index contributed by atoms with van der Waals surface area (Å²) in [6.45, 7) is 0.877. The monoisotopic (exact) mass is 553 g/mol. The number of carbonyl (C=O) groups is 2. The highest BCUT2D eigenvalue weighted by Crippen LogP contribution is 2.29. The summed E-state index contributed by atoms with van der Waals surface area (Å²) in [5, 5.41) is 2.62. The number of hydrogen-bond donors (Lipinski definition) is 1. The second kappa shape index (κ2) is 11.2. The van der Waals surface area contributed by atoms with Gasteiger partial charge in [-0.15, -0.1) is 0 Å². The number of nitrogens with zero attached hydrogens (tertiary/aromatic N) is 2. The summed E-state index contributed by atoms with van der Waals surface area (Å²) in [5.74, 6) is -0.265. The van der Waals surface area contributed by atoms with Crippen LogP contribution in [0.3, 0.4) is 0 Å². The molecule has 4 aromatic rings. The minimum atomic E-state index is -0.154. The largest absolute Gasteiger partial charge is 0.361 e. The van der Waals surface area contributed by atoms with Crippen molar-refractivity contribution >= 4 is 57.5 Å². The molecule has 1 heterocycles. The minimum absolute atomic E-state index is 0.0152. The molecule has 0 unspecified atom stereocenters. The van der Waals surface area contributed by atoms with Crippen LogP contribution in [0.25, 0.3) is 10.9 Å². The van der Waals surface area contributed by atoms with Crippen LogP contribution >= 0.6 is 34.8 Å². The van der Waals surface area contributed by atoms with Gasteiger partial charge in [-0.05, 0) is 72.9 Å². The third kappa shape index (κ3) is 6.12. The predicted octanol–water partition coefficient (Wildman–Crippen LogP) is 7.00. The molecule has 1 fully saturated rings. The lowest BCUT2D eigenvalue weighted by Crippen LogP contribution is -2.44. The van der Waals surface area contributed by atoms with Gasteiger partial charge in [0.05, 0.1) is 10.0 Å². The average Bonchev–Trinajstić information content (AvgIpc) is 3.66. The molecule has 0 atom stereocenters. The zero-order valence-corrected chi connectivity index (χ0v) is 22.4. The van der Waals surface area contributed by atoms with Crippen LogP contribution in [-0.2, 0) is 17.8 Å². The highest BCUT2D eigenvalue weighted by molar-refractivity contribution is 6.42. The van der Waals surface area contributed by atoms with Crippen molar-refractivity contribution in [3.05, 3.63) is 105 Å². The van der Waals surface area contributed by atoms with Gasteiger partial charge in [0, 0.05) is 46.8 Å². The Balaban J connectivity index is 1.36. The maximum absolute atomic E-state index is 13.7. The van der Waals surface area contributed by atoms with Crippen molar-refractivity contribution in [3.63, 3.8) is 0 Å². The van der Waals surface area contributed by atoms with Gasteiger partial charge in [0.1, 0.15) is 6.54 Å². The van der Waals surface area contributed by atoms with Crippen LogP contribution < -0.4 is 0 Å². The summed E-state index contributed by atoms with van der Waals surface area (Å²) < 4.78 is 0. The number of carbonyl (C=O) groups excluding carboxylic acids is 2. The SMILES string of the molecule is O=C(CN(C(=O)c1ccc(Cl)cc1)C1CC1)N(CCc1c[nH]c2ccccc12)Cc1ccc(Cl)c(Cl)c1. The Labute approximate surface area is 230 Å². The molecule has 1 aliphatic carbocycles. The Morgan fingerprint density at radius 1 is 0.919 bits per heavy atom. The van der Waals surface area contributed by atoms with Gasteiger partial charge in [-0.25, -0.2) is 0 Å². The number of hydrogen-bond acceptors (Lipinski definition) is 2. The molecule has 3 aromatic carbocycles. The number of rotatable bonds is 9. The average molecular weight is 555 g/mol. The highest BCUT2D eigenvalue weighted by Gasteiger charge is 2.35. The Bertz CT molecular complexity index is 1430. The molecule has 8 heteroatoms. The van der Waals surface area contributed by atoms with Crippen LogP contribution in [0.5, 0.6) is 0 Å². The lowest BCUT2D eigenvalue weighted by molar-refractivity contribution is -0.132. The van der Waals surface area contributed by atoms with Gasteiger partial charge in [0.25, 0.3) is 5.91 Å². The fourth-order valence-electron chi connectivity index (χ4n) is 4.50. The number of nitrogens with one attached hydrogen (secondary N) is 1. The van der Waals surface area contributed by atoms with E-state index < -0.39 is 0 Å². The number of benzene rings is 3. The normalized spacial score (nSPS) is 13.1. The van der Waals surface area contributed by atoms with Gasteiger partial charge in [0.15, 0.2) is 0 Å². The van der Waals surface area contributed by atoms with Crippen molar-refractivity contribution in [1.82, 2.24) is 14.8 Å². The third-order valence-corrected chi connectivity index (χ3v) is 7.67. The zero-order chi connectivity index (χ0) is 25.9. The number of amides is 2. The number of halogens is 3. The topological polar surface area (TPSA) is 56.4 Å². The maximum atomic E-state index is 13.7. The van der Waals surface area contributed by atoms with Crippen LogP contribution in [0.15, 0.2) is 72.9 Å². The van der Waals surface area contributed by atoms with E-state index in [0.29, 0.717) is 40.1 Å². The van der Waals surface area contributed by atoms with E-state index in [2.05, 4.69) is 11.1 Å². The molecule has 190 valence electrons. The van der Waals surface area contributed by atoms with Crippen molar-refractivity contribution in [2.45, 2.75) is 31.8 Å². The third-order valence-electron chi connectivity index (χ3n) is 6.68. The van der Waals surface area contributed by atoms with Gasteiger partial charge >= 0.3 is 0 Å². The van der Waals surface area contributed by atoms with E-state index in [-0.39, 0.29) is 24.4 Å². The van der Waals surface area contributed by atoms with Crippen molar-refractivity contribution < 1.29 is 9.59 Å². The predicted molar refractivity (Wildman–Crippen MR) is 149 cm³/mol. The zero-order valence-electron chi connectivity index (χ0n) is 20.1. The number of H-pyrrole nitrogens is 1. The molecule has 0 bridgehead atoms. The Morgan fingerprint density at radius 3 is 2.41 bits per heavy atom. The van der Waals surface area contributed by atoms with Gasteiger partial charge in [0.2, 0.25) is 5.91 Å². The smallest absolute Gasteiger partial charge is 0.254 e. The molecular weight excluding hydrogens is 529 g/mol. The van der Waals surface area contributed by atoms with E-state index in [1.807, 2.05) is 30.5 Å². The van der Waals surface area contributed by atoms with Crippen LogP contribution in [0.4, 0.5) is 0 Å². The molecule has 0 saturated heterocycles. The van der Waals surface area contributed by atoms with Crippen molar-refractivity contribution in [3.8, 4) is 0 Å². The van der Waals surface area contributed by atoms with Gasteiger partial charge < -0.3 is 14.8 Å². The number of fused-ring (bicyclic) bond motifs is 1. The van der Waals surface area contributed by atoms with Crippen molar-refractivity contribution in [1.29, 1.82) is 0 Å². The standard InChI is InChI=1S/C29H26Cl3N3O2/c30-22-8-6-20(7-9-22)29(37)35(23-10-11-23)18-28(36)34(17-19-5-12-25(31)26(32)15-19)14-13-21-16-33-27-4-2-1-3-24(21)27/h1-9,12,15-16,23,33H,10-11,13-14,17-18H2. The summed E-state index contributed by atoms with van der Waals surface area (Å²) in [7, 11) is 0. The Morgan fingerprint density at radius 2 is 1.68 bits per heavy atom. The molecule has 2 amide bonds. The van der Waals surface area contributed by atoms with Gasteiger partial charge in [-0.3, -0.25) is 9.59 Å². The fraction of sp³-hybridized carbons (Fsp3) is 0.241. The summed E-state index contributed by atoms with van der Waals surface area (Å²) in [6.07, 6.45) is 4.46. The summed E-state index contributed by atoms with van der Waals surface area (Å²) in [6, 6.07) is 20.4. The van der Waals surface area contributed by atoms with E-state index in [9.17, 15) is 9.59 Å². The summed E-state index contributed by atoms with van der Waals surface area (Å²) >= 11 is 18.4. The Kier molecular flexibility index (Phi) is 7.75.